The molecule has 7 heteroatoms. The Bertz CT molecular complexity index is 840. The number of hydrogen-bond acceptors (Lipinski definition) is 4. The molecule has 5 nitrogen and oxygen atoms in total. The molecule has 0 aliphatic carbocycles. The molecule has 0 saturated carbocycles. The number of hydrogen-bond donors (Lipinski definition) is 0. The van der Waals surface area contributed by atoms with Crippen LogP contribution in [0.2, 0.25) is 10.0 Å². The van der Waals surface area contributed by atoms with Crippen LogP contribution in [-0.4, -0.2) is 21.8 Å². The first kappa shape index (κ1) is 17.1. The van der Waals surface area contributed by atoms with Crippen molar-refractivity contribution in [2.75, 3.05) is 4.90 Å². The highest BCUT2D eigenvalue weighted by molar-refractivity contribution is 6.31. The predicted octanol–water partition coefficient (Wildman–Crippen LogP) is 4.27. The van der Waals surface area contributed by atoms with E-state index in [9.17, 15) is 9.59 Å². The minimum absolute atomic E-state index is 0.127. The highest BCUT2D eigenvalue weighted by atomic mass is 35.5. The van der Waals surface area contributed by atoms with Crippen LogP contribution in [0.3, 0.4) is 0 Å². The van der Waals surface area contributed by atoms with Gasteiger partial charge in [0.15, 0.2) is 5.82 Å². The summed E-state index contributed by atoms with van der Waals surface area (Å²) in [5.41, 5.74) is 0.606. The van der Waals surface area contributed by atoms with Crippen LogP contribution in [0.25, 0.3) is 0 Å². The smallest absolute Gasteiger partial charge is 0.266 e. The van der Waals surface area contributed by atoms with Crippen molar-refractivity contribution >= 4 is 40.8 Å². The summed E-state index contributed by atoms with van der Waals surface area (Å²) in [5, 5.41) is 0.985. The van der Waals surface area contributed by atoms with Crippen molar-refractivity contribution < 1.29 is 9.59 Å². The van der Waals surface area contributed by atoms with E-state index >= 15 is 0 Å². The summed E-state index contributed by atoms with van der Waals surface area (Å²) in [4.78, 5) is 34.8. The highest BCUT2D eigenvalue weighted by Gasteiger charge is 2.27. The third-order valence-electron chi connectivity index (χ3n) is 3.37. The number of nitrogens with zero attached hydrogens (tertiary/aromatic N) is 3. The van der Waals surface area contributed by atoms with E-state index in [0.717, 1.165) is 4.90 Å². The van der Waals surface area contributed by atoms with Crippen LogP contribution >= 0.6 is 23.2 Å². The summed E-state index contributed by atoms with van der Waals surface area (Å²) >= 11 is 11.7. The summed E-state index contributed by atoms with van der Waals surface area (Å²) in [5.74, 6) is -0.934. The fourth-order valence-electron chi connectivity index (χ4n) is 2.15. The number of amides is 2. The molecule has 0 aliphatic rings. The Morgan fingerprint density at radius 1 is 0.760 bits per heavy atom. The van der Waals surface area contributed by atoms with Crippen LogP contribution in [0.1, 0.15) is 20.7 Å². The van der Waals surface area contributed by atoms with Gasteiger partial charge in [-0.05, 0) is 48.5 Å². The zero-order chi connectivity index (χ0) is 17.8. The molecule has 0 aliphatic heterocycles. The summed E-state index contributed by atoms with van der Waals surface area (Å²) in [6.45, 7) is 0. The van der Waals surface area contributed by atoms with Gasteiger partial charge in [0.25, 0.3) is 11.8 Å². The van der Waals surface area contributed by atoms with Crippen molar-refractivity contribution in [3.05, 3.63) is 88.3 Å². The molecule has 2 aromatic carbocycles. The molecule has 0 saturated heterocycles. The fourth-order valence-corrected chi connectivity index (χ4v) is 2.40. The maximum absolute atomic E-state index is 12.9. The van der Waals surface area contributed by atoms with Gasteiger partial charge in [-0.3, -0.25) is 14.6 Å². The van der Waals surface area contributed by atoms with Crippen LogP contribution in [0, 0.1) is 0 Å². The van der Waals surface area contributed by atoms with E-state index in [1.54, 1.807) is 48.5 Å². The lowest BCUT2D eigenvalue weighted by molar-refractivity contribution is 0.0896. The zero-order valence-electron chi connectivity index (χ0n) is 12.8. The van der Waals surface area contributed by atoms with Gasteiger partial charge in [0, 0.05) is 33.6 Å². The van der Waals surface area contributed by atoms with Gasteiger partial charge in [0.2, 0.25) is 0 Å². The van der Waals surface area contributed by atoms with Crippen molar-refractivity contribution in [1.82, 2.24) is 9.97 Å². The molecule has 0 bridgehead atoms. The second-order valence-electron chi connectivity index (χ2n) is 5.02. The molecule has 1 heterocycles. The molecule has 0 spiro atoms. The van der Waals surface area contributed by atoms with Gasteiger partial charge in [0.1, 0.15) is 0 Å². The first-order chi connectivity index (χ1) is 12.1. The van der Waals surface area contributed by atoms with Crippen molar-refractivity contribution in [1.29, 1.82) is 0 Å². The minimum atomic E-state index is -0.530. The van der Waals surface area contributed by atoms with E-state index in [1.807, 2.05) is 0 Å². The highest BCUT2D eigenvalue weighted by Crippen LogP contribution is 2.19. The van der Waals surface area contributed by atoms with Crippen molar-refractivity contribution in [3.63, 3.8) is 0 Å². The summed E-state index contributed by atoms with van der Waals surface area (Å²) < 4.78 is 0. The second-order valence-corrected chi connectivity index (χ2v) is 5.90. The second kappa shape index (κ2) is 7.42. The molecule has 3 aromatic rings. The third kappa shape index (κ3) is 3.84. The Morgan fingerprint density at radius 3 is 1.64 bits per heavy atom. The van der Waals surface area contributed by atoms with Crippen molar-refractivity contribution in [2.24, 2.45) is 0 Å². The van der Waals surface area contributed by atoms with E-state index in [-0.39, 0.29) is 5.82 Å². The maximum atomic E-state index is 12.9. The van der Waals surface area contributed by atoms with Crippen LogP contribution in [0.4, 0.5) is 5.82 Å². The molecule has 0 N–H and O–H groups in total. The Hall–Kier alpha value is -2.76. The SMILES string of the molecule is O=C(c1ccc(Cl)cc1)N(C(=O)c1ccc(Cl)cc1)c1cnccn1. The average Bonchev–Trinajstić information content (AvgIpc) is 2.64. The van der Waals surface area contributed by atoms with Crippen LogP contribution in [0.15, 0.2) is 67.1 Å². The summed E-state index contributed by atoms with van der Waals surface area (Å²) in [6.07, 6.45) is 4.22. The number of imide groups is 1. The average molecular weight is 372 g/mol. The number of carbonyl (C=O) groups excluding carboxylic acids is 2. The van der Waals surface area contributed by atoms with Crippen LogP contribution in [0.5, 0.6) is 0 Å². The van der Waals surface area contributed by atoms with E-state index < -0.39 is 11.8 Å². The quantitative estimate of drug-likeness (QED) is 0.644. The standard InChI is InChI=1S/C18H11Cl2N3O2/c19-14-5-1-12(2-6-14)17(24)23(16-11-21-9-10-22-16)18(25)13-3-7-15(20)8-4-13/h1-11H. The molecular weight excluding hydrogens is 361 g/mol. The van der Waals surface area contributed by atoms with Gasteiger partial charge in [-0.15, -0.1) is 0 Å². The molecule has 3 rings (SSSR count). The topological polar surface area (TPSA) is 63.2 Å². The van der Waals surface area contributed by atoms with E-state index in [2.05, 4.69) is 9.97 Å². The lowest BCUT2D eigenvalue weighted by atomic mass is 10.1. The third-order valence-corrected chi connectivity index (χ3v) is 3.87. The summed E-state index contributed by atoms with van der Waals surface area (Å²) in [7, 11) is 0. The van der Waals surface area contributed by atoms with Crippen molar-refractivity contribution in [3.8, 4) is 0 Å². The normalized spacial score (nSPS) is 10.3. The van der Waals surface area contributed by atoms with Gasteiger partial charge in [-0.25, -0.2) is 9.88 Å². The first-order valence-electron chi connectivity index (χ1n) is 7.22. The molecule has 0 radical (unpaired) electrons. The molecule has 0 atom stereocenters. The molecule has 124 valence electrons. The predicted molar refractivity (Wildman–Crippen MR) is 96.1 cm³/mol. The van der Waals surface area contributed by atoms with Gasteiger partial charge < -0.3 is 0 Å². The van der Waals surface area contributed by atoms with Gasteiger partial charge in [0.05, 0.1) is 6.20 Å². The van der Waals surface area contributed by atoms with E-state index in [0.29, 0.717) is 21.2 Å². The lowest BCUT2D eigenvalue weighted by Crippen LogP contribution is -2.37. The largest absolute Gasteiger partial charge is 0.268 e. The Labute approximate surface area is 153 Å². The number of halogens is 2. The number of aromatic nitrogens is 2. The van der Waals surface area contributed by atoms with Gasteiger partial charge in [-0.2, -0.15) is 0 Å². The number of benzene rings is 2. The number of anilines is 1. The Morgan fingerprint density at radius 2 is 1.24 bits per heavy atom. The molecule has 1 aromatic heterocycles. The van der Waals surface area contributed by atoms with Gasteiger partial charge in [-0.1, -0.05) is 23.2 Å². The molecule has 0 unspecified atom stereocenters. The molecule has 2 amide bonds. The number of rotatable bonds is 3. The van der Waals surface area contributed by atoms with Gasteiger partial charge >= 0.3 is 0 Å². The Balaban J connectivity index is 2.03. The first-order valence-corrected chi connectivity index (χ1v) is 7.98. The Kier molecular flexibility index (Phi) is 5.07. The molecule has 25 heavy (non-hydrogen) atoms. The minimum Gasteiger partial charge on any atom is -0.268 e. The maximum Gasteiger partial charge on any atom is 0.266 e. The van der Waals surface area contributed by atoms with Crippen LogP contribution in [-0.2, 0) is 0 Å². The van der Waals surface area contributed by atoms with E-state index in [4.69, 9.17) is 23.2 Å². The lowest BCUT2D eigenvalue weighted by Gasteiger charge is -2.19. The monoisotopic (exact) mass is 371 g/mol. The number of carbonyl (C=O) groups is 2. The zero-order valence-corrected chi connectivity index (χ0v) is 14.3. The summed E-state index contributed by atoms with van der Waals surface area (Å²) in [6, 6.07) is 12.5. The molecular formula is C18H11Cl2N3O2. The van der Waals surface area contributed by atoms with Crippen LogP contribution < -0.4 is 4.90 Å². The molecule has 0 fully saturated rings. The van der Waals surface area contributed by atoms with E-state index in [1.165, 1.54) is 18.6 Å². The van der Waals surface area contributed by atoms with Crippen molar-refractivity contribution in [2.45, 2.75) is 0 Å². The fraction of sp³-hybridized carbons (Fsp3) is 0.